The predicted octanol–water partition coefficient (Wildman–Crippen LogP) is 2.53. The molecular weight excluding hydrogens is 263 g/mol. The first-order valence-electron chi connectivity index (χ1n) is 4.38. The number of fused-ring (bicyclic) bond motifs is 1. The highest BCUT2D eigenvalue weighted by molar-refractivity contribution is 9.10. The molecule has 0 amide bonds. The Morgan fingerprint density at radius 2 is 2.33 bits per heavy atom. The first-order valence-corrected chi connectivity index (χ1v) is 5.17. The Balaban J connectivity index is 2.63. The van der Waals surface area contributed by atoms with E-state index < -0.39 is 0 Å². The fraction of sp³-hybridized carbons (Fsp3) is 0.200. The quantitative estimate of drug-likeness (QED) is 0.841. The lowest BCUT2D eigenvalue weighted by Gasteiger charge is -2.00. The molecule has 0 aliphatic rings. The summed E-state index contributed by atoms with van der Waals surface area (Å²) in [6.07, 6.45) is 1.43. The van der Waals surface area contributed by atoms with Crippen molar-refractivity contribution in [1.29, 1.82) is 0 Å². The third kappa shape index (κ3) is 1.92. The summed E-state index contributed by atoms with van der Waals surface area (Å²) in [5.41, 5.74) is 0.622. The second-order valence-corrected chi connectivity index (χ2v) is 4.24. The Bertz CT molecular complexity index is 535. The molecule has 0 atom stereocenters. The summed E-state index contributed by atoms with van der Waals surface area (Å²) in [6, 6.07) is 3.12. The molecule has 0 unspecified atom stereocenters. The van der Waals surface area contributed by atoms with Gasteiger partial charge in [-0.2, -0.15) is 5.10 Å². The largest absolute Gasteiger partial charge is 0.298 e. The smallest absolute Gasteiger partial charge is 0.151 e. The highest BCUT2D eigenvalue weighted by Crippen LogP contribution is 2.22. The lowest BCUT2D eigenvalue weighted by molar-refractivity contribution is -0.117. The molecule has 0 fully saturated rings. The maximum absolute atomic E-state index is 13.4. The van der Waals surface area contributed by atoms with Gasteiger partial charge in [0.05, 0.1) is 23.6 Å². The van der Waals surface area contributed by atoms with Gasteiger partial charge in [-0.05, 0) is 19.1 Å². The molecule has 0 spiro atoms. The molecule has 2 aromatic rings. The number of nitrogens with zero attached hydrogens (tertiary/aromatic N) is 2. The second-order valence-electron chi connectivity index (χ2n) is 3.32. The standard InChI is InChI=1S/C10H8BrFN2O/c1-6(15)5-14-10-3-7(11)2-9(12)8(10)4-13-14/h2-4H,5H2,1H3. The Labute approximate surface area is 94.0 Å². The van der Waals surface area contributed by atoms with E-state index in [-0.39, 0.29) is 18.1 Å². The first kappa shape index (κ1) is 10.3. The summed E-state index contributed by atoms with van der Waals surface area (Å²) < 4.78 is 15.6. The van der Waals surface area contributed by atoms with Gasteiger partial charge in [0.25, 0.3) is 0 Å². The fourth-order valence-corrected chi connectivity index (χ4v) is 1.86. The third-order valence-electron chi connectivity index (χ3n) is 2.05. The molecule has 2 rings (SSSR count). The van der Waals surface area contributed by atoms with Crippen LogP contribution in [0, 0.1) is 5.82 Å². The van der Waals surface area contributed by atoms with Crippen LogP contribution in [0.25, 0.3) is 10.9 Å². The minimum absolute atomic E-state index is 0.0135. The molecule has 3 nitrogen and oxygen atoms in total. The Hall–Kier alpha value is -1.23. The zero-order valence-electron chi connectivity index (χ0n) is 8.00. The topological polar surface area (TPSA) is 34.9 Å². The SMILES string of the molecule is CC(=O)Cn1ncc2c(F)cc(Br)cc21. The van der Waals surface area contributed by atoms with E-state index in [1.54, 1.807) is 6.07 Å². The number of rotatable bonds is 2. The van der Waals surface area contributed by atoms with Crippen LogP contribution in [0.15, 0.2) is 22.8 Å². The number of Topliss-reactive ketones (excluding diaryl/α,β-unsaturated/α-hetero) is 1. The van der Waals surface area contributed by atoms with Crippen molar-refractivity contribution in [2.75, 3.05) is 0 Å². The molecule has 5 heteroatoms. The van der Waals surface area contributed by atoms with Crippen molar-refractivity contribution in [2.24, 2.45) is 0 Å². The summed E-state index contributed by atoms with van der Waals surface area (Å²) in [5, 5.41) is 4.40. The zero-order valence-corrected chi connectivity index (χ0v) is 9.58. The maximum atomic E-state index is 13.4. The van der Waals surface area contributed by atoms with E-state index in [9.17, 15) is 9.18 Å². The highest BCUT2D eigenvalue weighted by atomic mass is 79.9. The molecule has 0 aliphatic carbocycles. The molecule has 0 N–H and O–H groups in total. The Kier molecular flexibility index (Phi) is 2.56. The molecular formula is C10H8BrFN2O. The van der Waals surface area contributed by atoms with Gasteiger partial charge in [0.2, 0.25) is 0 Å². The molecule has 1 aromatic carbocycles. The van der Waals surface area contributed by atoms with Crippen LogP contribution in [-0.4, -0.2) is 15.6 Å². The van der Waals surface area contributed by atoms with Crippen molar-refractivity contribution >= 4 is 32.6 Å². The summed E-state index contributed by atoms with van der Waals surface area (Å²) in [5.74, 6) is -0.352. The van der Waals surface area contributed by atoms with E-state index in [1.165, 1.54) is 23.9 Å². The van der Waals surface area contributed by atoms with Crippen LogP contribution in [0.4, 0.5) is 4.39 Å². The lowest BCUT2D eigenvalue weighted by atomic mass is 10.2. The van der Waals surface area contributed by atoms with Gasteiger partial charge in [-0.3, -0.25) is 9.48 Å². The highest BCUT2D eigenvalue weighted by Gasteiger charge is 2.09. The molecule has 0 saturated carbocycles. The van der Waals surface area contributed by atoms with E-state index in [1.807, 2.05) is 0 Å². The van der Waals surface area contributed by atoms with Crippen LogP contribution in [-0.2, 0) is 11.3 Å². The van der Waals surface area contributed by atoms with Crippen molar-refractivity contribution in [3.8, 4) is 0 Å². The number of benzene rings is 1. The summed E-state index contributed by atoms with van der Waals surface area (Å²) in [4.78, 5) is 11.0. The van der Waals surface area contributed by atoms with E-state index in [0.29, 0.717) is 15.4 Å². The third-order valence-corrected chi connectivity index (χ3v) is 2.51. The minimum Gasteiger partial charge on any atom is -0.298 e. The number of aromatic nitrogens is 2. The van der Waals surface area contributed by atoms with Crippen LogP contribution in [0.2, 0.25) is 0 Å². The normalized spacial score (nSPS) is 10.9. The predicted molar refractivity (Wildman–Crippen MR) is 58.1 cm³/mol. The van der Waals surface area contributed by atoms with Crippen LogP contribution < -0.4 is 0 Å². The van der Waals surface area contributed by atoms with Gasteiger partial charge in [-0.1, -0.05) is 15.9 Å². The lowest BCUT2D eigenvalue weighted by Crippen LogP contribution is -2.07. The van der Waals surface area contributed by atoms with Crippen molar-refractivity contribution in [3.63, 3.8) is 0 Å². The Morgan fingerprint density at radius 1 is 1.60 bits per heavy atom. The molecule has 15 heavy (non-hydrogen) atoms. The minimum atomic E-state index is -0.339. The number of halogens is 2. The Morgan fingerprint density at radius 3 is 3.00 bits per heavy atom. The first-order chi connectivity index (χ1) is 7.08. The van der Waals surface area contributed by atoms with Gasteiger partial charge in [0.15, 0.2) is 5.78 Å². The van der Waals surface area contributed by atoms with Gasteiger partial charge in [-0.15, -0.1) is 0 Å². The van der Waals surface area contributed by atoms with Crippen molar-refractivity contribution in [2.45, 2.75) is 13.5 Å². The van der Waals surface area contributed by atoms with E-state index in [4.69, 9.17) is 0 Å². The van der Waals surface area contributed by atoms with Crippen LogP contribution in [0.3, 0.4) is 0 Å². The molecule has 0 bridgehead atoms. The number of carbonyl (C=O) groups is 1. The molecule has 78 valence electrons. The average molecular weight is 271 g/mol. The van der Waals surface area contributed by atoms with Gasteiger partial charge in [0.1, 0.15) is 5.82 Å². The molecule has 0 aliphatic heterocycles. The van der Waals surface area contributed by atoms with E-state index >= 15 is 0 Å². The zero-order chi connectivity index (χ0) is 11.0. The van der Waals surface area contributed by atoms with Gasteiger partial charge in [0, 0.05) is 4.47 Å². The number of hydrogen-bond acceptors (Lipinski definition) is 2. The number of carbonyl (C=O) groups excluding carboxylic acids is 1. The monoisotopic (exact) mass is 270 g/mol. The number of hydrogen-bond donors (Lipinski definition) is 0. The van der Waals surface area contributed by atoms with Crippen LogP contribution >= 0.6 is 15.9 Å². The molecule has 0 saturated heterocycles. The summed E-state index contributed by atoms with van der Waals surface area (Å²) in [7, 11) is 0. The summed E-state index contributed by atoms with van der Waals surface area (Å²) in [6.45, 7) is 1.64. The van der Waals surface area contributed by atoms with Crippen molar-refractivity contribution in [1.82, 2.24) is 9.78 Å². The van der Waals surface area contributed by atoms with Crippen molar-refractivity contribution in [3.05, 3.63) is 28.6 Å². The fourth-order valence-electron chi connectivity index (χ4n) is 1.44. The van der Waals surface area contributed by atoms with Gasteiger partial charge in [-0.25, -0.2) is 4.39 Å². The van der Waals surface area contributed by atoms with E-state index in [0.717, 1.165) is 0 Å². The molecule has 0 radical (unpaired) electrons. The van der Waals surface area contributed by atoms with E-state index in [2.05, 4.69) is 21.0 Å². The van der Waals surface area contributed by atoms with Gasteiger partial charge >= 0.3 is 0 Å². The molecule has 1 aromatic heterocycles. The van der Waals surface area contributed by atoms with Crippen LogP contribution in [0.1, 0.15) is 6.92 Å². The number of ketones is 1. The average Bonchev–Trinajstić information content (AvgIpc) is 2.48. The van der Waals surface area contributed by atoms with Crippen LogP contribution in [0.5, 0.6) is 0 Å². The summed E-state index contributed by atoms with van der Waals surface area (Å²) >= 11 is 3.20. The van der Waals surface area contributed by atoms with Crippen molar-refractivity contribution < 1.29 is 9.18 Å². The molecule has 1 heterocycles. The van der Waals surface area contributed by atoms with Gasteiger partial charge < -0.3 is 0 Å². The maximum Gasteiger partial charge on any atom is 0.151 e. The second kappa shape index (κ2) is 3.73.